The molecule has 1 aliphatic heterocycles. The summed E-state index contributed by atoms with van der Waals surface area (Å²) in [4.78, 5) is 45.5. The predicted molar refractivity (Wildman–Crippen MR) is 183 cm³/mol. The number of aliphatic hydroxyl groups excluding tert-OH is 1. The van der Waals surface area contributed by atoms with Gasteiger partial charge in [0.2, 0.25) is 5.91 Å². The number of pyridine rings is 1. The van der Waals surface area contributed by atoms with Gasteiger partial charge in [-0.25, -0.2) is 22.8 Å². The summed E-state index contributed by atoms with van der Waals surface area (Å²) in [5.74, 6) is -3.54. The summed E-state index contributed by atoms with van der Waals surface area (Å²) in [5.41, 5.74) is -0.749. The molecular weight excluding hydrogens is 669 g/mol. The molecule has 11 nitrogen and oxygen atoms in total. The fourth-order valence-corrected chi connectivity index (χ4v) is 5.62. The van der Waals surface area contributed by atoms with Crippen molar-refractivity contribution < 1.29 is 46.9 Å². The molecule has 1 fully saturated rings. The number of alkyl carbamates (subject to hydrolysis) is 1. The Morgan fingerprint density at radius 1 is 0.922 bits per heavy atom. The summed E-state index contributed by atoms with van der Waals surface area (Å²) in [6.45, 7) is 9.91. The van der Waals surface area contributed by atoms with Crippen LogP contribution in [0.3, 0.4) is 0 Å². The largest absolute Gasteiger partial charge is 0.444 e. The van der Waals surface area contributed by atoms with Crippen molar-refractivity contribution in [3.05, 3.63) is 95.1 Å². The second-order valence-corrected chi connectivity index (χ2v) is 14.3. The van der Waals surface area contributed by atoms with Gasteiger partial charge in [-0.2, -0.15) is 0 Å². The highest BCUT2D eigenvalue weighted by Crippen LogP contribution is 2.31. The Morgan fingerprint density at radius 2 is 1.49 bits per heavy atom. The minimum atomic E-state index is -1.42. The number of anilines is 1. The van der Waals surface area contributed by atoms with E-state index in [0.717, 1.165) is 6.20 Å². The molecule has 0 spiro atoms. The van der Waals surface area contributed by atoms with E-state index in [9.17, 15) is 28.3 Å². The van der Waals surface area contributed by atoms with Crippen LogP contribution in [0, 0.1) is 17.5 Å². The van der Waals surface area contributed by atoms with Crippen molar-refractivity contribution in [3.63, 3.8) is 0 Å². The first-order chi connectivity index (χ1) is 23.9. The third-order valence-electron chi connectivity index (χ3n) is 7.93. The molecule has 3 aromatic rings. The normalized spacial score (nSPS) is 17.1. The van der Waals surface area contributed by atoms with Gasteiger partial charge in [-0.15, -0.1) is 0 Å². The van der Waals surface area contributed by atoms with Crippen molar-refractivity contribution in [2.24, 2.45) is 0 Å². The van der Waals surface area contributed by atoms with E-state index in [1.54, 1.807) is 41.5 Å². The molecule has 1 unspecified atom stereocenters. The van der Waals surface area contributed by atoms with Crippen molar-refractivity contribution in [2.75, 3.05) is 25.1 Å². The number of nitrogens with one attached hydrogen (secondary N) is 2. The van der Waals surface area contributed by atoms with Gasteiger partial charge in [-0.05, 0) is 89.8 Å². The number of carbonyl (C=O) groups is 3. The molecule has 3 atom stereocenters. The SMILES string of the molecule is CC(C)(C)OC(=O)NC(C(=O)Nc1cncc(F)c1CC[C@@H]1CN(C(=O)OC(C)(C)C)[C@H](CO)CO1)C(c1ccc(F)cc1)c1ccc(F)cc1. The first-order valence-electron chi connectivity index (χ1n) is 16.6. The van der Waals surface area contributed by atoms with Crippen molar-refractivity contribution in [2.45, 2.75) is 89.7 Å². The van der Waals surface area contributed by atoms with Crippen molar-refractivity contribution in [1.82, 2.24) is 15.2 Å². The zero-order valence-corrected chi connectivity index (χ0v) is 29.5. The van der Waals surface area contributed by atoms with Crippen LogP contribution in [0.2, 0.25) is 0 Å². The Hall–Kier alpha value is -4.69. The number of aromatic nitrogens is 1. The number of amides is 3. The highest BCUT2D eigenvalue weighted by molar-refractivity contribution is 5.98. The van der Waals surface area contributed by atoms with E-state index < -0.39 is 70.9 Å². The molecule has 0 radical (unpaired) electrons. The lowest BCUT2D eigenvalue weighted by molar-refractivity contribution is -0.118. The topological polar surface area (TPSA) is 139 Å². The quantitative estimate of drug-likeness (QED) is 0.229. The number of hydrogen-bond acceptors (Lipinski definition) is 8. The summed E-state index contributed by atoms with van der Waals surface area (Å²) < 4.78 is 60.2. The second-order valence-electron chi connectivity index (χ2n) is 14.3. The van der Waals surface area contributed by atoms with Crippen LogP contribution in [-0.2, 0) is 25.4 Å². The average molecular weight is 715 g/mol. The molecule has 276 valence electrons. The van der Waals surface area contributed by atoms with Crippen LogP contribution in [-0.4, -0.2) is 82.2 Å². The van der Waals surface area contributed by atoms with Gasteiger partial charge in [0, 0.05) is 11.5 Å². The number of aliphatic hydroxyl groups is 1. The molecule has 0 aliphatic carbocycles. The van der Waals surface area contributed by atoms with Crippen molar-refractivity contribution >= 4 is 23.8 Å². The van der Waals surface area contributed by atoms with Crippen LogP contribution in [0.25, 0.3) is 0 Å². The third kappa shape index (κ3) is 11.1. The highest BCUT2D eigenvalue weighted by Gasteiger charge is 2.36. The zero-order chi connectivity index (χ0) is 37.5. The zero-order valence-electron chi connectivity index (χ0n) is 29.5. The lowest BCUT2D eigenvalue weighted by atomic mass is 9.84. The Kier molecular flexibility index (Phi) is 12.7. The predicted octanol–water partition coefficient (Wildman–Crippen LogP) is 6.09. The van der Waals surface area contributed by atoms with E-state index in [1.165, 1.54) is 59.6 Å². The number of benzene rings is 2. The molecule has 0 bridgehead atoms. The van der Waals surface area contributed by atoms with Crippen molar-refractivity contribution in [3.8, 4) is 0 Å². The molecule has 2 heterocycles. The number of carbonyl (C=O) groups excluding carboxylic acids is 3. The molecule has 3 amide bonds. The summed E-state index contributed by atoms with van der Waals surface area (Å²) in [6, 6.07) is 8.53. The molecule has 51 heavy (non-hydrogen) atoms. The summed E-state index contributed by atoms with van der Waals surface area (Å²) in [6.07, 6.45) is 0.427. The number of hydrogen-bond donors (Lipinski definition) is 3. The van der Waals surface area contributed by atoms with Crippen LogP contribution in [0.5, 0.6) is 0 Å². The summed E-state index contributed by atoms with van der Waals surface area (Å²) in [5, 5.41) is 15.1. The van der Waals surface area contributed by atoms with Crippen LogP contribution in [0.15, 0.2) is 60.9 Å². The van der Waals surface area contributed by atoms with Crippen LogP contribution in [0.1, 0.15) is 70.6 Å². The van der Waals surface area contributed by atoms with E-state index in [0.29, 0.717) is 11.1 Å². The standard InChI is InChI=1S/C37H45F3N4O7/c1-36(2,3)50-34(47)43-32(31(22-7-11-24(38)12-8-22)23-9-13-25(39)14-10-23)33(46)42-30-18-41-17-29(40)28(30)16-15-27-19-44(26(20-45)21-49-27)35(48)51-37(4,5)6/h7-14,17-18,26-27,31-32,45H,15-16,19-21H2,1-6H3,(H,42,46)(H,43,47)/t26-,27-,32?/m1/s1. The lowest BCUT2D eigenvalue weighted by Crippen LogP contribution is -2.55. The maximum absolute atomic E-state index is 15.4. The Morgan fingerprint density at radius 3 is 2.02 bits per heavy atom. The molecule has 2 aromatic carbocycles. The second kappa shape index (κ2) is 16.6. The first kappa shape index (κ1) is 39.1. The highest BCUT2D eigenvalue weighted by atomic mass is 19.1. The lowest BCUT2D eigenvalue weighted by Gasteiger charge is -2.39. The van der Waals surface area contributed by atoms with Gasteiger partial charge in [-0.3, -0.25) is 14.7 Å². The average Bonchev–Trinajstić information content (AvgIpc) is 3.04. The monoisotopic (exact) mass is 714 g/mol. The Bertz CT molecular complexity index is 1620. The van der Waals surface area contributed by atoms with Crippen molar-refractivity contribution in [1.29, 1.82) is 0 Å². The maximum atomic E-state index is 15.4. The number of morpholine rings is 1. The maximum Gasteiger partial charge on any atom is 0.410 e. The minimum Gasteiger partial charge on any atom is -0.444 e. The van der Waals surface area contributed by atoms with E-state index >= 15 is 4.39 Å². The smallest absolute Gasteiger partial charge is 0.410 e. The van der Waals surface area contributed by atoms with E-state index in [4.69, 9.17) is 14.2 Å². The third-order valence-corrected chi connectivity index (χ3v) is 7.93. The van der Waals surface area contributed by atoms with Gasteiger partial charge < -0.3 is 30.0 Å². The van der Waals surface area contributed by atoms with Gasteiger partial charge in [-0.1, -0.05) is 24.3 Å². The minimum absolute atomic E-state index is 0.0148. The van der Waals surface area contributed by atoms with Crippen LogP contribution < -0.4 is 10.6 Å². The molecule has 1 aromatic heterocycles. The fourth-order valence-electron chi connectivity index (χ4n) is 5.62. The van der Waals surface area contributed by atoms with Gasteiger partial charge in [0.15, 0.2) is 0 Å². The first-order valence-corrected chi connectivity index (χ1v) is 16.6. The number of nitrogens with zero attached hydrogens (tertiary/aromatic N) is 2. The van der Waals surface area contributed by atoms with E-state index in [1.807, 2.05) is 0 Å². The molecule has 3 N–H and O–H groups in total. The molecule has 0 saturated carbocycles. The van der Waals surface area contributed by atoms with Gasteiger partial charge in [0.05, 0.1) is 50.0 Å². The van der Waals surface area contributed by atoms with Gasteiger partial charge in [0.25, 0.3) is 0 Å². The molecular formula is C37H45F3N4O7. The number of ether oxygens (including phenoxy) is 3. The number of rotatable bonds is 10. The van der Waals surface area contributed by atoms with Crippen LogP contribution in [0.4, 0.5) is 28.4 Å². The Labute approximate surface area is 295 Å². The molecule has 4 rings (SSSR count). The molecule has 1 aliphatic rings. The van der Waals surface area contributed by atoms with E-state index in [2.05, 4.69) is 15.6 Å². The van der Waals surface area contributed by atoms with E-state index in [-0.39, 0.29) is 43.9 Å². The number of halogens is 3. The molecule has 14 heteroatoms. The Balaban J connectivity index is 1.63. The van der Waals surface area contributed by atoms with Gasteiger partial charge in [0.1, 0.15) is 34.7 Å². The van der Waals surface area contributed by atoms with Gasteiger partial charge >= 0.3 is 12.2 Å². The van der Waals surface area contributed by atoms with Crippen LogP contribution >= 0.6 is 0 Å². The summed E-state index contributed by atoms with van der Waals surface area (Å²) in [7, 11) is 0. The summed E-state index contributed by atoms with van der Waals surface area (Å²) >= 11 is 0. The molecule has 1 saturated heterocycles. The fraction of sp³-hybridized carbons (Fsp3) is 0.459.